The molecule has 5 nitrogen and oxygen atoms in total. The molecular weight excluding hydrogens is 278 g/mol. The summed E-state index contributed by atoms with van der Waals surface area (Å²) >= 11 is 0. The van der Waals surface area contributed by atoms with E-state index in [-0.39, 0.29) is 18.1 Å². The predicted molar refractivity (Wildman–Crippen MR) is 88.9 cm³/mol. The minimum atomic E-state index is 0.0726. The fraction of sp³-hybridized carbons (Fsp3) is 0.588. The number of anilines is 1. The maximum Gasteiger partial charge on any atom is 0.241 e. The monoisotopic (exact) mass is 305 g/mol. The van der Waals surface area contributed by atoms with Crippen LogP contribution in [0.4, 0.5) is 5.69 Å². The van der Waals surface area contributed by atoms with Gasteiger partial charge in [0.2, 0.25) is 5.91 Å². The molecule has 1 saturated heterocycles. The number of rotatable bonds is 5. The third-order valence-corrected chi connectivity index (χ3v) is 3.84. The van der Waals surface area contributed by atoms with Crippen molar-refractivity contribution in [1.82, 2.24) is 9.80 Å². The molecular formula is C17H27N3O2. The van der Waals surface area contributed by atoms with Gasteiger partial charge in [0.15, 0.2) is 0 Å². The van der Waals surface area contributed by atoms with Gasteiger partial charge in [0, 0.05) is 39.4 Å². The number of para-hydroxylation sites is 1. The average molecular weight is 305 g/mol. The van der Waals surface area contributed by atoms with Gasteiger partial charge in [-0.05, 0) is 25.5 Å². The Balaban J connectivity index is 2.00. The summed E-state index contributed by atoms with van der Waals surface area (Å²) in [5, 5.41) is 3.26. The van der Waals surface area contributed by atoms with Gasteiger partial charge in [0.1, 0.15) is 0 Å². The quantitative estimate of drug-likeness (QED) is 0.901. The fourth-order valence-electron chi connectivity index (χ4n) is 2.81. The molecule has 0 bridgehead atoms. The first-order chi connectivity index (χ1) is 10.5. The molecule has 5 heteroatoms. The Labute approximate surface area is 133 Å². The zero-order valence-corrected chi connectivity index (χ0v) is 14.0. The summed E-state index contributed by atoms with van der Waals surface area (Å²) in [6.07, 6.45) is 0.526. The highest BCUT2D eigenvalue weighted by atomic mass is 16.5. The Hall–Kier alpha value is -1.59. The molecule has 0 aliphatic carbocycles. The third kappa shape index (κ3) is 4.71. The summed E-state index contributed by atoms with van der Waals surface area (Å²) < 4.78 is 5.78. The van der Waals surface area contributed by atoms with Crippen molar-refractivity contribution in [2.45, 2.75) is 32.6 Å². The van der Waals surface area contributed by atoms with Crippen LogP contribution in [0.15, 0.2) is 24.3 Å². The van der Waals surface area contributed by atoms with E-state index in [4.69, 9.17) is 4.74 Å². The molecule has 1 aliphatic rings. The van der Waals surface area contributed by atoms with E-state index in [0.29, 0.717) is 6.54 Å². The van der Waals surface area contributed by atoms with Crippen molar-refractivity contribution in [2.24, 2.45) is 0 Å². The Morgan fingerprint density at radius 2 is 1.91 bits per heavy atom. The minimum Gasteiger partial charge on any atom is -0.376 e. The second-order valence-corrected chi connectivity index (χ2v) is 6.25. The number of hydrogen-bond acceptors (Lipinski definition) is 4. The molecule has 1 N–H and O–H groups in total. The maximum atomic E-state index is 11.7. The number of nitrogens with one attached hydrogen (secondary N) is 1. The highest BCUT2D eigenvalue weighted by Crippen LogP contribution is 2.20. The summed E-state index contributed by atoms with van der Waals surface area (Å²) in [7, 11) is 3.54. The van der Waals surface area contributed by atoms with Crippen molar-refractivity contribution in [2.75, 3.05) is 39.0 Å². The summed E-state index contributed by atoms with van der Waals surface area (Å²) in [6, 6.07) is 8.19. The number of ether oxygens (including phenoxy) is 1. The lowest BCUT2D eigenvalue weighted by Gasteiger charge is -2.35. The van der Waals surface area contributed by atoms with Crippen LogP contribution in [0.25, 0.3) is 0 Å². The van der Waals surface area contributed by atoms with Crippen molar-refractivity contribution >= 4 is 11.6 Å². The molecule has 0 aromatic heterocycles. The van der Waals surface area contributed by atoms with Crippen LogP contribution in [0.2, 0.25) is 0 Å². The molecule has 1 aromatic carbocycles. The van der Waals surface area contributed by atoms with Crippen molar-refractivity contribution in [1.29, 1.82) is 0 Å². The molecule has 0 unspecified atom stereocenters. The second-order valence-electron chi connectivity index (χ2n) is 6.25. The second kappa shape index (κ2) is 7.61. The largest absolute Gasteiger partial charge is 0.376 e. The lowest BCUT2D eigenvalue weighted by molar-refractivity contribution is -0.126. The van der Waals surface area contributed by atoms with Gasteiger partial charge in [-0.15, -0.1) is 0 Å². The molecule has 1 amide bonds. The van der Waals surface area contributed by atoms with Gasteiger partial charge in [-0.2, -0.15) is 0 Å². The van der Waals surface area contributed by atoms with Gasteiger partial charge < -0.3 is 15.0 Å². The van der Waals surface area contributed by atoms with Crippen LogP contribution in [-0.4, -0.2) is 61.6 Å². The number of carbonyl (C=O) groups is 1. The minimum absolute atomic E-state index is 0.0726. The van der Waals surface area contributed by atoms with E-state index >= 15 is 0 Å². The first-order valence-electron chi connectivity index (χ1n) is 7.85. The van der Waals surface area contributed by atoms with Gasteiger partial charge >= 0.3 is 0 Å². The first kappa shape index (κ1) is 16.8. The summed E-state index contributed by atoms with van der Waals surface area (Å²) in [5.41, 5.74) is 2.25. The Morgan fingerprint density at radius 1 is 1.27 bits per heavy atom. The van der Waals surface area contributed by atoms with E-state index in [2.05, 4.69) is 30.1 Å². The number of hydrogen-bond donors (Lipinski definition) is 1. The van der Waals surface area contributed by atoms with Crippen LogP contribution in [0, 0.1) is 0 Å². The summed E-state index contributed by atoms with van der Waals surface area (Å²) in [6.45, 7) is 7.30. The number of likely N-dealkylation sites (N-methyl/N-ethyl adjacent to an activating group) is 1. The lowest BCUT2D eigenvalue weighted by Crippen LogP contribution is -2.44. The van der Waals surface area contributed by atoms with Gasteiger partial charge in [-0.25, -0.2) is 0 Å². The first-order valence-corrected chi connectivity index (χ1v) is 7.85. The van der Waals surface area contributed by atoms with Crippen molar-refractivity contribution in [3.05, 3.63) is 29.8 Å². The fourth-order valence-corrected chi connectivity index (χ4v) is 2.81. The van der Waals surface area contributed by atoms with Gasteiger partial charge in [-0.3, -0.25) is 9.69 Å². The molecule has 1 aliphatic heterocycles. The van der Waals surface area contributed by atoms with Crippen LogP contribution >= 0.6 is 0 Å². The predicted octanol–water partition coefficient (Wildman–Crippen LogP) is 1.80. The van der Waals surface area contributed by atoms with Crippen LogP contribution in [0.3, 0.4) is 0 Å². The van der Waals surface area contributed by atoms with Crippen molar-refractivity contribution < 1.29 is 9.53 Å². The molecule has 0 spiro atoms. The molecule has 2 rings (SSSR count). The lowest BCUT2D eigenvalue weighted by atomic mass is 10.1. The van der Waals surface area contributed by atoms with E-state index in [1.54, 1.807) is 19.0 Å². The Morgan fingerprint density at radius 3 is 2.55 bits per heavy atom. The molecule has 2 atom stereocenters. The normalized spacial score (nSPS) is 22.4. The molecule has 0 radical (unpaired) electrons. The van der Waals surface area contributed by atoms with Gasteiger partial charge in [0.25, 0.3) is 0 Å². The molecule has 1 fully saturated rings. The molecule has 0 saturated carbocycles. The van der Waals surface area contributed by atoms with E-state index in [9.17, 15) is 4.79 Å². The highest BCUT2D eigenvalue weighted by Gasteiger charge is 2.22. The number of carbonyl (C=O) groups excluding carboxylic acids is 1. The van der Waals surface area contributed by atoms with Crippen LogP contribution in [0.1, 0.15) is 19.4 Å². The highest BCUT2D eigenvalue weighted by molar-refractivity contribution is 5.80. The standard InChI is InChI=1S/C17H27N3O2/c1-13-10-20(11-14(2)22-13)12-15-7-5-6-8-16(15)18-9-17(21)19(3)4/h5-8,13-14,18H,9-12H2,1-4H3/t13-,14-/m0/s1. The molecule has 22 heavy (non-hydrogen) atoms. The van der Waals surface area contributed by atoms with Gasteiger partial charge in [-0.1, -0.05) is 18.2 Å². The summed E-state index contributed by atoms with van der Waals surface area (Å²) in [5.74, 6) is 0.0726. The van der Waals surface area contributed by atoms with E-state index < -0.39 is 0 Å². The van der Waals surface area contributed by atoms with Crippen LogP contribution in [0.5, 0.6) is 0 Å². The topological polar surface area (TPSA) is 44.8 Å². The SMILES string of the molecule is C[C@H]1CN(Cc2ccccc2NCC(=O)N(C)C)C[C@H](C)O1. The smallest absolute Gasteiger partial charge is 0.241 e. The van der Waals surface area contributed by atoms with Crippen molar-refractivity contribution in [3.63, 3.8) is 0 Å². The van der Waals surface area contributed by atoms with E-state index in [1.165, 1.54) is 5.56 Å². The summed E-state index contributed by atoms with van der Waals surface area (Å²) in [4.78, 5) is 15.7. The van der Waals surface area contributed by atoms with E-state index in [1.807, 2.05) is 18.2 Å². The number of benzene rings is 1. The molecule has 1 heterocycles. The Bertz CT molecular complexity index is 494. The number of amides is 1. The molecule has 1 aromatic rings. The molecule has 122 valence electrons. The third-order valence-electron chi connectivity index (χ3n) is 3.84. The number of morpholine rings is 1. The van der Waals surface area contributed by atoms with Crippen LogP contribution in [-0.2, 0) is 16.1 Å². The van der Waals surface area contributed by atoms with Gasteiger partial charge in [0.05, 0.1) is 18.8 Å². The average Bonchev–Trinajstić information content (AvgIpc) is 2.44. The zero-order chi connectivity index (χ0) is 16.1. The maximum absolute atomic E-state index is 11.7. The van der Waals surface area contributed by atoms with Crippen molar-refractivity contribution in [3.8, 4) is 0 Å². The van der Waals surface area contributed by atoms with Crippen LogP contribution < -0.4 is 5.32 Å². The zero-order valence-electron chi connectivity index (χ0n) is 14.0. The number of nitrogens with zero attached hydrogens (tertiary/aromatic N) is 2. The Kier molecular flexibility index (Phi) is 5.80. The van der Waals surface area contributed by atoms with E-state index in [0.717, 1.165) is 25.3 Å².